The molecular formula is C13H27N3O. The van der Waals surface area contributed by atoms with Crippen LogP contribution in [-0.4, -0.2) is 43.0 Å². The van der Waals surface area contributed by atoms with Gasteiger partial charge in [0.1, 0.15) is 0 Å². The maximum absolute atomic E-state index is 11.8. The van der Waals surface area contributed by atoms with E-state index in [0.29, 0.717) is 19.1 Å². The van der Waals surface area contributed by atoms with Gasteiger partial charge in [0.15, 0.2) is 0 Å². The zero-order valence-electron chi connectivity index (χ0n) is 11.5. The van der Waals surface area contributed by atoms with Crippen LogP contribution in [0.3, 0.4) is 0 Å². The summed E-state index contributed by atoms with van der Waals surface area (Å²) in [6.07, 6.45) is 3.36. The highest BCUT2D eigenvalue weighted by Gasteiger charge is 2.25. The fraction of sp³-hybridized carbons (Fsp3) is 0.923. The van der Waals surface area contributed by atoms with Crippen LogP contribution in [0.5, 0.6) is 0 Å². The first-order chi connectivity index (χ1) is 7.96. The van der Waals surface area contributed by atoms with Crippen LogP contribution < -0.4 is 11.1 Å². The van der Waals surface area contributed by atoms with Crippen LogP contribution in [0.25, 0.3) is 0 Å². The van der Waals surface area contributed by atoms with Gasteiger partial charge in [-0.15, -0.1) is 0 Å². The predicted molar refractivity (Wildman–Crippen MR) is 70.7 cm³/mol. The average molecular weight is 241 g/mol. The molecule has 1 aliphatic carbocycles. The quantitative estimate of drug-likeness (QED) is 0.665. The van der Waals surface area contributed by atoms with Gasteiger partial charge in [-0.2, -0.15) is 0 Å². The summed E-state index contributed by atoms with van der Waals surface area (Å²) < 4.78 is 0. The van der Waals surface area contributed by atoms with E-state index in [4.69, 9.17) is 5.73 Å². The van der Waals surface area contributed by atoms with E-state index in [1.165, 1.54) is 0 Å². The molecule has 1 fully saturated rings. The first-order valence-electron chi connectivity index (χ1n) is 6.68. The molecule has 4 heteroatoms. The third-order valence-corrected chi connectivity index (χ3v) is 3.05. The number of carbonyl (C=O) groups is 1. The Labute approximate surface area is 105 Å². The van der Waals surface area contributed by atoms with Crippen molar-refractivity contribution in [2.75, 3.05) is 26.2 Å². The summed E-state index contributed by atoms with van der Waals surface area (Å²) in [5.74, 6) is 0.161. The van der Waals surface area contributed by atoms with Crippen molar-refractivity contribution >= 4 is 5.91 Å². The van der Waals surface area contributed by atoms with E-state index < -0.39 is 0 Å². The number of hydrogen-bond acceptors (Lipinski definition) is 3. The minimum Gasteiger partial charge on any atom is -0.352 e. The van der Waals surface area contributed by atoms with Gasteiger partial charge >= 0.3 is 0 Å². The van der Waals surface area contributed by atoms with E-state index in [-0.39, 0.29) is 11.3 Å². The molecule has 100 valence electrons. The Morgan fingerprint density at radius 1 is 1.47 bits per heavy atom. The summed E-state index contributed by atoms with van der Waals surface area (Å²) in [4.78, 5) is 14.0. The standard InChI is InChI=1S/C13H27N3O/c1-4-7-16(10-13(2,3)9-14)8-12(17)15-11-5-6-11/h11H,4-10,14H2,1-3H3,(H,15,17). The molecule has 0 heterocycles. The molecule has 3 N–H and O–H groups in total. The Balaban J connectivity index is 2.37. The molecule has 0 aromatic rings. The zero-order valence-corrected chi connectivity index (χ0v) is 11.5. The SMILES string of the molecule is CCCN(CC(=O)NC1CC1)CC(C)(C)CN. The summed E-state index contributed by atoms with van der Waals surface area (Å²) in [5, 5.41) is 3.03. The molecule has 1 amide bonds. The molecule has 0 saturated heterocycles. The van der Waals surface area contributed by atoms with Gasteiger partial charge in [0.05, 0.1) is 6.54 Å². The fourth-order valence-corrected chi connectivity index (χ4v) is 1.90. The first-order valence-corrected chi connectivity index (χ1v) is 6.68. The molecule has 0 aromatic carbocycles. The van der Waals surface area contributed by atoms with Crippen molar-refractivity contribution in [1.29, 1.82) is 0 Å². The van der Waals surface area contributed by atoms with Crippen molar-refractivity contribution in [3.8, 4) is 0 Å². The summed E-state index contributed by atoms with van der Waals surface area (Å²) in [6.45, 7) is 9.44. The molecule has 1 aliphatic rings. The van der Waals surface area contributed by atoms with E-state index >= 15 is 0 Å². The Kier molecular flexibility index (Phi) is 5.40. The Hall–Kier alpha value is -0.610. The number of nitrogens with two attached hydrogens (primary N) is 1. The lowest BCUT2D eigenvalue weighted by molar-refractivity contribution is -0.122. The van der Waals surface area contributed by atoms with Crippen LogP contribution in [0.1, 0.15) is 40.0 Å². The molecule has 0 aliphatic heterocycles. The van der Waals surface area contributed by atoms with E-state index in [2.05, 4.69) is 31.0 Å². The number of carbonyl (C=O) groups excluding carboxylic acids is 1. The smallest absolute Gasteiger partial charge is 0.234 e. The summed E-state index contributed by atoms with van der Waals surface area (Å²) in [6, 6.07) is 0.452. The normalized spacial score (nSPS) is 16.3. The first kappa shape index (κ1) is 14.5. The van der Waals surface area contributed by atoms with Crippen LogP contribution >= 0.6 is 0 Å². The Morgan fingerprint density at radius 2 is 2.12 bits per heavy atom. The number of nitrogens with zero attached hydrogens (tertiary/aromatic N) is 1. The second kappa shape index (κ2) is 6.36. The summed E-state index contributed by atoms with van der Waals surface area (Å²) in [5.41, 5.74) is 5.82. The van der Waals surface area contributed by atoms with Crippen molar-refractivity contribution in [2.24, 2.45) is 11.1 Å². The minimum absolute atomic E-state index is 0.0784. The Bertz CT molecular complexity index is 249. The van der Waals surface area contributed by atoms with Gasteiger partial charge < -0.3 is 11.1 Å². The molecular weight excluding hydrogens is 214 g/mol. The van der Waals surface area contributed by atoms with E-state index in [1.807, 2.05) is 0 Å². The van der Waals surface area contributed by atoms with Crippen molar-refractivity contribution in [2.45, 2.75) is 46.1 Å². The lowest BCUT2D eigenvalue weighted by atomic mass is 9.93. The molecule has 1 saturated carbocycles. The van der Waals surface area contributed by atoms with Crippen molar-refractivity contribution in [1.82, 2.24) is 10.2 Å². The number of rotatable bonds is 8. The van der Waals surface area contributed by atoms with Gasteiger partial charge in [0, 0.05) is 12.6 Å². The number of nitrogens with one attached hydrogen (secondary N) is 1. The maximum Gasteiger partial charge on any atom is 0.234 e. The largest absolute Gasteiger partial charge is 0.352 e. The highest BCUT2D eigenvalue weighted by Crippen LogP contribution is 2.19. The Morgan fingerprint density at radius 3 is 2.59 bits per heavy atom. The van der Waals surface area contributed by atoms with Gasteiger partial charge in [-0.3, -0.25) is 9.69 Å². The van der Waals surface area contributed by atoms with Gasteiger partial charge in [0.2, 0.25) is 5.91 Å². The van der Waals surface area contributed by atoms with Gasteiger partial charge in [-0.05, 0) is 37.8 Å². The van der Waals surface area contributed by atoms with Crippen LogP contribution in [0.4, 0.5) is 0 Å². The van der Waals surface area contributed by atoms with Crippen LogP contribution in [0, 0.1) is 5.41 Å². The highest BCUT2D eigenvalue weighted by atomic mass is 16.2. The van der Waals surface area contributed by atoms with Gasteiger partial charge in [-0.1, -0.05) is 20.8 Å². The molecule has 0 aromatic heterocycles. The average Bonchev–Trinajstić information content (AvgIpc) is 3.01. The van der Waals surface area contributed by atoms with Crippen molar-refractivity contribution < 1.29 is 4.79 Å². The second-order valence-electron chi connectivity index (χ2n) is 5.92. The molecule has 0 radical (unpaired) electrons. The molecule has 1 rings (SSSR count). The zero-order chi connectivity index (χ0) is 12.9. The van der Waals surface area contributed by atoms with Crippen LogP contribution in [0.2, 0.25) is 0 Å². The third-order valence-electron chi connectivity index (χ3n) is 3.05. The van der Waals surface area contributed by atoms with E-state index in [0.717, 1.165) is 32.4 Å². The van der Waals surface area contributed by atoms with Crippen molar-refractivity contribution in [3.05, 3.63) is 0 Å². The molecule has 0 spiro atoms. The molecule has 0 atom stereocenters. The van der Waals surface area contributed by atoms with Gasteiger partial charge in [0.25, 0.3) is 0 Å². The van der Waals surface area contributed by atoms with Crippen LogP contribution in [-0.2, 0) is 4.79 Å². The summed E-state index contributed by atoms with van der Waals surface area (Å²) >= 11 is 0. The monoisotopic (exact) mass is 241 g/mol. The van der Waals surface area contributed by atoms with E-state index in [1.54, 1.807) is 0 Å². The molecule has 17 heavy (non-hydrogen) atoms. The van der Waals surface area contributed by atoms with E-state index in [9.17, 15) is 4.79 Å². The van der Waals surface area contributed by atoms with Crippen LogP contribution in [0.15, 0.2) is 0 Å². The number of hydrogen-bond donors (Lipinski definition) is 2. The molecule has 0 unspecified atom stereocenters. The second-order valence-corrected chi connectivity index (χ2v) is 5.92. The van der Waals surface area contributed by atoms with Gasteiger partial charge in [-0.25, -0.2) is 0 Å². The fourth-order valence-electron chi connectivity index (χ4n) is 1.90. The number of amides is 1. The lowest BCUT2D eigenvalue weighted by Gasteiger charge is -2.31. The summed E-state index contributed by atoms with van der Waals surface area (Å²) in [7, 11) is 0. The highest BCUT2D eigenvalue weighted by molar-refractivity contribution is 5.78. The molecule has 0 bridgehead atoms. The maximum atomic E-state index is 11.8. The topological polar surface area (TPSA) is 58.4 Å². The lowest BCUT2D eigenvalue weighted by Crippen LogP contribution is -2.44. The minimum atomic E-state index is 0.0784. The third kappa shape index (κ3) is 6.03. The van der Waals surface area contributed by atoms with Crippen molar-refractivity contribution in [3.63, 3.8) is 0 Å². The molecule has 4 nitrogen and oxygen atoms in total. The predicted octanol–water partition coefficient (Wildman–Crippen LogP) is 0.962.